The van der Waals surface area contributed by atoms with Crippen LogP contribution in [0.5, 0.6) is 0 Å². The van der Waals surface area contributed by atoms with Gasteiger partial charge >= 0.3 is 29.6 Å². The van der Waals surface area contributed by atoms with Crippen LogP contribution >= 0.6 is 0 Å². The number of ether oxygens (including phenoxy) is 2. The average Bonchev–Trinajstić information content (AvgIpc) is 2.70. The van der Waals surface area contributed by atoms with E-state index in [1.807, 2.05) is 18.2 Å². The molecule has 1 N–H and O–H groups in total. The van der Waals surface area contributed by atoms with Crippen LogP contribution in [-0.4, -0.2) is 39.1 Å². The van der Waals surface area contributed by atoms with E-state index in [4.69, 9.17) is 0 Å². The Morgan fingerprint density at radius 1 is 0.931 bits per heavy atom. The van der Waals surface area contributed by atoms with Crippen molar-refractivity contribution in [2.45, 2.75) is 4.90 Å². The van der Waals surface area contributed by atoms with Crippen LogP contribution in [0.2, 0.25) is 0 Å². The maximum absolute atomic E-state index is 12.2. The van der Waals surface area contributed by atoms with Gasteiger partial charge in [-0.25, -0.2) is 8.42 Å². The van der Waals surface area contributed by atoms with Gasteiger partial charge in [0.15, 0.2) is 0 Å². The predicted octanol–water partition coefficient (Wildman–Crippen LogP) is 0.131. The van der Waals surface area contributed by atoms with Crippen LogP contribution in [0.1, 0.15) is 20.7 Å². The molecule has 0 aromatic heterocycles. The summed E-state index contributed by atoms with van der Waals surface area (Å²) in [6.45, 7) is 0. The van der Waals surface area contributed by atoms with Gasteiger partial charge in [0.25, 0.3) is 22.1 Å². The van der Waals surface area contributed by atoms with Crippen LogP contribution in [0.4, 0.5) is 0 Å². The largest absolute Gasteiger partial charge is 1.00 e. The van der Waals surface area contributed by atoms with Crippen molar-refractivity contribution in [1.29, 1.82) is 0 Å². The summed E-state index contributed by atoms with van der Waals surface area (Å²) in [5, 5.41) is 1.46. The summed E-state index contributed by atoms with van der Waals surface area (Å²) in [6, 6.07) is 15.9. The molecule has 0 saturated carbocycles. The quantitative estimate of drug-likeness (QED) is 0.276. The zero-order chi connectivity index (χ0) is 20.5. The van der Waals surface area contributed by atoms with Gasteiger partial charge in [-0.05, 0) is 27.5 Å². The van der Waals surface area contributed by atoms with Gasteiger partial charge in [0.05, 0.1) is 14.2 Å². The first-order valence-electron chi connectivity index (χ1n) is 8.00. The molecular weight excluding hydrogens is 407 g/mol. The summed E-state index contributed by atoms with van der Waals surface area (Å²) in [7, 11) is -2.68. The zero-order valence-electron chi connectivity index (χ0n) is 15.9. The molecule has 0 unspecified atom stereocenters. The Bertz CT molecular complexity index is 1200. The second-order valence-corrected chi connectivity index (χ2v) is 7.14. The number of fused-ring (bicyclic) bond motifs is 1. The maximum atomic E-state index is 12.2. The number of rotatable bonds is 4. The Balaban J connectivity index is 0.00000300. The molecule has 0 heterocycles. The van der Waals surface area contributed by atoms with Gasteiger partial charge < -0.3 is 9.47 Å². The van der Waals surface area contributed by atoms with Crippen molar-refractivity contribution in [1.82, 2.24) is 0 Å². The summed E-state index contributed by atoms with van der Waals surface area (Å²) < 4.78 is 43.5. The van der Waals surface area contributed by atoms with Crippen molar-refractivity contribution in [3.8, 4) is 11.1 Å². The van der Waals surface area contributed by atoms with Gasteiger partial charge in [-0.3, -0.25) is 14.1 Å². The van der Waals surface area contributed by atoms with E-state index in [-0.39, 0.29) is 40.7 Å². The maximum Gasteiger partial charge on any atom is 1.00 e. The third-order valence-corrected chi connectivity index (χ3v) is 5.09. The van der Waals surface area contributed by atoms with E-state index < -0.39 is 32.5 Å². The van der Waals surface area contributed by atoms with Crippen molar-refractivity contribution < 1.29 is 61.6 Å². The summed E-state index contributed by atoms with van der Waals surface area (Å²) in [4.78, 5) is 23.6. The minimum Gasteiger partial charge on any atom is -0.500 e. The molecule has 0 bridgehead atoms. The SMILES string of the molecule is COC(=O)c1[c-]c(C(=O)OC)c(S(=O)(=O)O)c(-c2cccc3ccccc23)c1.[Na+]. The Kier molecular flexibility index (Phi) is 7.20. The Morgan fingerprint density at radius 3 is 2.17 bits per heavy atom. The van der Waals surface area contributed by atoms with Gasteiger partial charge in [0, 0.05) is 4.90 Å². The molecule has 144 valence electrons. The number of carbonyl (C=O) groups excluding carboxylic acids is 2. The summed E-state index contributed by atoms with van der Waals surface area (Å²) >= 11 is 0. The normalized spacial score (nSPS) is 10.9. The smallest absolute Gasteiger partial charge is 0.500 e. The molecule has 0 radical (unpaired) electrons. The number of hydrogen-bond donors (Lipinski definition) is 1. The van der Waals surface area contributed by atoms with Gasteiger partial charge in [-0.1, -0.05) is 48.0 Å². The molecule has 0 saturated heterocycles. The molecule has 0 spiro atoms. The fourth-order valence-corrected chi connectivity index (χ4v) is 3.81. The van der Waals surface area contributed by atoms with Crippen LogP contribution in [0.3, 0.4) is 0 Å². The van der Waals surface area contributed by atoms with Crippen LogP contribution in [0.15, 0.2) is 53.4 Å². The fourth-order valence-electron chi connectivity index (χ4n) is 2.97. The number of hydrogen-bond acceptors (Lipinski definition) is 6. The molecule has 0 aliphatic carbocycles. The van der Waals surface area contributed by atoms with Gasteiger partial charge in [0.1, 0.15) is 0 Å². The number of benzene rings is 3. The predicted molar refractivity (Wildman–Crippen MR) is 101 cm³/mol. The van der Waals surface area contributed by atoms with E-state index in [1.165, 1.54) is 6.07 Å². The minimum absolute atomic E-state index is 0. The summed E-state index contributed by atoms with van der Waals surface area (Å²) in [5.41, 5.74) is -0.414. The molecule has 7 nitrogen and oxygen atoms in total. The molecule has 0 aliphatic rings. The molecule has 3 aromatic carbocycles. The first-order valence-corrected chi connectivity index (χ1v) is 9.44. The Labute approximate surface area is 189 Å². The van der Waals surface area contributed by atoms with E-state index in [0.717, 1.165) is 19.6 Å². The third kappa shape index (κ3) is 4.52. The fraction of sp³-hybridized carbons (Fsp3) is 0.100. The molecule has 9 heteroatoms. The van der Waals surface area contributed by atoms with E-state index in [0.29, 0.717) is 10.9 Å². The zero-order valence-corrected chi connectivity index (χ0v) is 18.7. The van der Waals surface area contributed by atoms with Crippen molar-refractivity contribution in [3.63, 3.8) is 0 Å². The second-order valence-electron chi connectivity index (χ2n) is 5.79. The van der Waals surface area contributed by atoms with Crippen molar-refractivity contribution in [2.75, 3.05) is 14.2 Å². The van der Waals surface area contributed by atoms with Crippen LogP contribution in [-0.2, 0) is 19.6 Å². The molecule has 3 rings (SSSR count). The topological polar surface area (TPSA) is 107 Å². The number of esters is 2. The molecule has 0 atom stereocenters. The molecule has 29 heavy (non-hydrogen) atoms. The van der Waals surface area contributed by atoms with Crippen LogP contribution in [0.25, 0.3) is 21.9 Å². The monoisotopic (exact) mass is 422 g/mol. The average molecular weight is 422 g/mol. The standard InChI is InChI=1S/C20H15O7S.Na/c1-26-19(21)13-10-16(15-9-5-7-12-6-3-4-8-14(12)15)18(28(23,24)25)17(11-13)20(22)27-2;/h3-10H,1-2H3,(H,23,24,25);/q-1;+1. The van der Waals surface area contributed by atoms with Gasteiger partial charge in [-0.15, -0.1) is 12.1 Å². The molecule has 0 aliphatic heterocycles. The van der Waals surface area contributed by atoms with Crippen LogP contribution in [0, 0.1) is 6.07 Å². The Hall–Kier alpha value is -2.23. The molecule has 0 fully saturated rings. The van der Waals surface area contributed by atoms with Gasteiger partial charge in [0.2, 0.25) is 0 Å². The molecule has 0 amide bonds. The van der Waals surface area contributed by atoms with Crippen molar-refractivity contribution in [2.24, 2.45) is 0 Å². The molecular formula is C20H15NaO7S. The Morgan fingerprint density at radius 2 is 1.55 bits per heavy atom. The van der Waals surface area contributed by atoms with E-state index in [1.54, 1.807) is 24.3 Å². The third-order valence-electron chi connectivity index (χ3n) is 4.15. The summed E-state index contributed by atoms with van der Waals surface area (Å²) in [5.74, 6) is -1.90. The van der Waals surface area contributed by atoms with Crippen molar-refractivity contribution in [3.05, 3.63) is 65.7 Å². The molecule has 3 aromatic rings. The van der Waals surface area contributed by atoms with Crippen LogP contribution < -0.4 is 29.6 Å². The first-order chi connectivity index (χ1) is 13.3. The second kappa shape index (κ2) is 9.06. The number of methoxy groups -OCH3 is 2. The van der Waals surface area contributed by atoms with Crippen molar-refractivity contribution >= 4 is 32.8 Å². The van der Waals surface area contributed by atoms with Gasteiger partial charge in [-0.2, -0.15) is 0 Å². The number of carbonyl (C=O) groups is 2. The van der Waals surface area contributed by atoms with E-state index in [9.17, 15) is 22.6 Å². The van der Waals surface area contributed by atoms with E-state index in [2.05, 4.69) is 15.5 Å². The minimum atomic E-state index is -4.87. The first kappa shape index (κ1) is 23.1. The summed E-state index contributed by atoms with van der Waals surface area (Å²) in [6.07, 6.45) is 0. The van der Waals surface area contributed by atoms with E-state index >= 15 is 0 Å².